The topological polar surface area (TPSA) is 187 Å². The summed E-state index contributed by atoms with van der Waals surface area (Å²) in [6.07, 6.45) is -4.77. The highest BCUT2D eigenvalue weighted by Crippen LogP contribution is 2.38. The summed E-state index contributed by atoms with van der Waals surface area (Å²) in [7, 11) is 1.17. The molecule has 2 atom stereocenters. The van der Waals surface area contributed by atoms with E-state index in [-0.39, 0.29) is 16.9 Å². The fraction of sp³-hybridized carbons (Fsp3) is 0.478. The fourth-order valence-electron chi connectivity index (χ4n) is 3.99. The number of hydrogen-bond acceptors (Lipinski definition) is 12. The van der Waals surface area contributed by atoms with Crippen LogP contribution in [0.15, 0.2) is 18.2 Å². The number of nitrogens with one attached hydrogen (secondary N) is 1. The second-order valence-corrected chi connectivity index (χ2v) is 8.16. The van der Waals surface area contributed by atoms with Gasteiger partial charge in [-0.1, -0.05) is 0 Å². The number of nitrogens with two attached hydrogens (primary N) is 1. The molecule has 0 aromatic heterocycles. The lowest BCUT2D eigenvalue weighted by Crippen LogP contribution is -2.61. The average Bonchev–Trinajstić information content (AvgIpc) is 2.73. The van der Waals surface area contributed by atoms with Crippen molar-refractivity contribution in [2.75, 3.05) is 18.2 Å². The van der Waals surface area contributed by atoms with Crippen LogP contribution in [0.25, 0.3) is 0 Å². The van der Waals surface area contributed by atoms with Gasteiger partial charge in [-0.25, -0.2) is 4.79 Å². The molecule has 1 aliphatic rings. The number of anilines is 2. The number of ether oxygens (including phenoxy) is 5. The largest absolute Gasteiger partial charge is 0.465 e. The van der Waals surface area contributed by atoms with Gasteiger partial charge in [0.2, 0.25) is 0 Å². The first-order valence-corrected chi connectivity index (χ1v) is 10.8. The molecule has 1 fully saturated rings. The highest BCUT2D eigenvalue weighted by Gasteiger charge is 2.57. The summed E-state index contributed by atoms with van der Waals surface area (Å²) in [4.78, 5) is 72.8. The molecule has 0 saturated heterocycles. The monoisotopic (exact) mass is 508 g/mol. The lowest BCUT2D eigenvalue weighted by molar-refractivity contribution is -0.214. The Labute approximate surface area is 206 Å². The zero-order valence-electron chi connectivity index (χ0n) is 20.4. The predicted molar refractivity (Wildman–Crippen MR) is 121 cm³/mol. The summed E-state index contributed by atoms with van der Waals surface area (Å²) in [6, 6.07) is 3.98. The van der Waals surface area contributed by atoms with Crippen LogP contribution in [-0.2, 0) is 47.7 Å². The van der Waals surface area contributed by atoms with Gasteiger partial charge >= 0.3 is 29.8 Å². The van der Waals surface area contributed by atoms with E-state index in [1.165, 1.54) is 25.3 Å². The average molecular weight is 508 g/mol. The van der Waals surface area contributed by atoms with Crippen LogP contribution in [0.2, 0.25) is 0 Å². The number of rotatable bonds is 7. The Morgan fingerprint density at radius 1 is 0.833 bits per heavy atom. The van der Waals surface area contributed by atoms with E-state index < -0.39 is 72.5 Å². The molecule has 3 N–H and O–H groups in total. The molecule has 13 nitrogen and oxygen atoms in total. The van der Waals surface area contributed by atoms with Crippen molar-refractivity contribution in [3.8, 4) is 0 Å². The van der Waals surface area contributed by atoms with Crippen LogP contribution < -0.4 is 11.1 Å². The second kappa shape index (κ2) is 11.5. The van der Waals surface area contributed by atoms with Crippen LogP contribution in [0.1, 0.15) is 50.9 Å². The van der Waals surface area contributed by atoms with Crippen molar-refractivity contribution in [2.45, 2.75) is 64.4 Å². The number of hydrogen-bond donors (Lipinski definition) is 2. The molecule has 13 heteroatoms. The fourth-order valence-corrected chi connectivity index (χ4v) is 3.99. The minimum Gasteiger partial charge on any atom is -0.465 e. The standard InChI is InChI=1S/C23H28N2O11/c1-11(26)33-18-9-23(36-14(4)29,10-19(34-12(2)27)20(18)35-13(3)28)22(31)25-17-7-15(21(30)32-5)6-16(24)8-17/h6-8,18-20H,9-10,24H2,1-5H3,(H,25,31)/t18-,19-,20?,23?/m1/s1. The first-order valence-electron chi connectivity index (χ1n) is 10.8. The molecular formula is C23H28N2O11. The van der Waals surface area contributed by atoms with Gasteiger partial charge in [-0.3, -0.25) is 24.0 Å². The second-order valence-electron chi connectivity index (χ2n) is 8.16. The molecule has 1 amide bonds. The van der Waals surface area contributed by atoms with Crippen LogP contribution >= 0.6 is 0 Å². The third-order valence-corrected chi connectivity index (χ3v) is 5.12. The third kappa shape index (κ3) is 7.17. The first kappa shape index (κ1) is 28.1. The maximum absolute atomic E-state index is 13.5. The summed E-state index contributed by atoms with van der Waals surface area (Å²) in [5.41, 5.74) is 4.05. The zero-order chi connectivity index (χ0) is 27.2. The number of carbonyl (C=O) groups is 6. The van der Waals surface area contributed by atoms with Crippen LogP contribution in [-0.4, -0.2) is 66.8 Å². The molecule has 0 aliphatic heterocycles. The maximum Gasteiger partial charge on any atom is 0.337 e. The Bertz CT molecular complexity index is 1040. The van der Waals surface area contributed by atoms with E-state index in [1.54, 1.807) is 0 Å². The van der Waals surface area contributed by atoms with Gasteiger partial charge in [-0.05, 0) is 18.2 Å². The number of esters is 5. The summed E-state index contributed by atoms with van der Waals surface area (Å²) in [6.45, 7) is 4.35. The molecule has 1 saturated carbocycles. The third-order valence-electron chi connectivity index (χ3n) is 5.12. The molecule has 1 aromatic rings. The van der Waals surface area contributed by atoms with Gasteiger partial charge in [0.15, 0.2) is 11.7 Å². The van der Waals surface area contributed by atoms with Gasteiger partial charge < -0.3 is 34.7 Å². The Balaban J connectivity index is 2.54. The van der Waals surface area contributed by atoms with Crippen molar-refractivity contribution < 1.29 is 52.5 Å². The molecule has 2 rings (SSSR count). The molecule has 196 valence electrons. The Kier molecular flexibility index (Phi) is 8.98. The highest BCUT2D eigenvalue weighted by atomic mass is 16.6. The van der Waals surface area contributed by atoms with Crippen LogP contribution in [0.4, 0.5) is 11.4 Å². The smallest absolute Gasteiger partial charge is 0.337 e. The van der Waals surface area contributed by atoms with E-state index in [4.69, 9.17) is 24.7 Å². The minimum absolute atomic E-state index is 0.0449. The lowest BCUT2D eigenvalue weighted by Gasteiger charge is -2.44. The maximum atomic E-state index is 13.5. The highest BCUT2D eigenvalue weighted by molar-refractivity contribution is 6.00. The van der Waals surface area contributed by atoms with Crippen LogP contribution in [0, 0.1) is 0 Å². The van der Waals surface area contributed by atoms with Crippen molar-refractivity contribution >= 4 is 47.1 Å². The van der Waals surface area contributed by atoms with Crippen LogP contribution in [0.3, 0.4) is 0 Å². The normalized spacial score (nSPS) is 23.0. The first-order chi connectivity index (χ1) is 16.8. The van der Waals surface area contributed by atoms with Gasteiger partial charge in [0.25, 0.3) is 5.91 Å². The number of benzene rings is 1. The molecule has 0 unspecified atom stereocenters. The number of amides is 1. The molecule has 0 radical (unpaired) electrons. The Hall–Kier alpha value is -4.16. The van der Waals surface area contributed by atoms with Crippen LogP contribution in [0.5, 0.6) is 0 Å². The van der Waals surface area contributed by atoms with Gasteiger partial charge in [-0.2, -0.15) is 0 Å². The van der Waals surface area contributed by atoms with Crippen molar-refractivity contribution in [3.63, 3.8) is 0 Å². The minimum atomic E-state index is -2.03. The van der Waals surface area contributed by atoms with Crippen molar-refractivity contribution in [1.82, 2.24) is 0 Å². The predicted octanol–water partition coefficient (Wildman–Crippen LogP) is 0.885. The number of carbonyl (C=O) groups excluding carboxylic acids is 6. The van der Waals surface area contributed by atoms with Gasteiger partial charge in [0.05, 0.1) is 12.7 Å². The van der Waals surface area contributed by atoms with E-state index in [0.29, 0.717) is 0 Å². The van der Waals surface area contributed by atoms with E-state index >= 15 is 0 Å². The zero-order valence-corrected chi connectivity index (χ0v) is 20.4. The summed E-state index contributed by atoms with van der Waals surface area (Å²) in [5, 5.41) is 2.53. The summed E-state index contributed by atoms with van der Waals surface area (Å²) in [5.74, 6) is -4.78. The van der Waals surface area contributed by atoms with Gasteiger partial charge in [-0.15, -0.1) is 0 Å². The molecule has 0 heterocycles. The molecule has 0 bridgehead atoms. The number of methoxy groups -OCH3 is 1. The molecular weight excluding hydrogens is 480 g/mol. The quantitative estimate of drug-likeness (QED) is 0.301. The molecule has 1 aromatic carbocycles. The van der Waals surface area contributed by atoms with E-state index in [9.17, 15) is 28.8 Å². The molecule has 1 aliphatic carbocycles. The van der Waals surface area contributed by atoms with Gasteiger partial charge in [0, 0.05) is 51.9 Å². The number of nitrogen functional groups attached to an aromatic ring is 1. The van der Waals surface area contributed by atoms with E-state index in [2.05, 4.69) is 10.1 Å². The molecule has 0 spiro atoms. The SMILES string of the molecule is COC(=O)c1cc(N)cc(NC(=O)C2(OC(C)=O)C[C@@H](OC(C)=O)C(OC(C)=O)[C@H](OC(C)=O)C2)c1. The van der Waals surface area contributed by atoms with E-state index in [0.717, 1.165) is 27.7 Å². The molecule has 36 heavy (non-hydrogen) atoms. The van der Waals surface area contributed by atoms with Crippen molar-refractivity contribution in [3.05, 3.63) is 23.8 Å². The van der Waals surface area contributed by atoms with Gasteiger partial charge in [0.1, 0.15) is 12.2 Å². The van der Waals surface area contributed by atoms with Crippen molar-refractivity contribution in [1.29, 1.82) is 0 Å². The summed E-state index contributed by atoms with van der Waals surface area (Å²) >= 11 is 0. The van der Waals surface area contributed by atoms with Crippen molar-refractivity contribution in [2.24, 2.45) is 0 Å². The van der Waals surface area contributed by atoms with E-state index in [1.807, 2.05) is 0 Å². The Morgan fingerprint density at radius 3 is 1.81 bits per heavy atom. The Morgan fingerprint density at radius 2 is 1.36 bits per heavy atom. The summed E-state index contributed by atoms with van der Waals surface area (Å²) < 4.78 is 25.9. The lowest BCUT2D eigenvalue weighted by atomic mass is 9.78.